The van der Waals surface area contributed by atoms with Crippen LogP contribution in [0.1, 0.15) is 56.2 Å². The Labute approximate surface area is 104 Å². The van der Waals surface area contributed by atoms with Gasteiger partial charge in [0.15, 0.2) is 0 Å². The minimum atomic E-state index is 0.886. The molecule has 1 atom stereocenters. The van der Waals surface area contributed by atoms with Gasteiger partial charge in [-0.15, -0.1) is 11.3 Å². The fourth-order valence-electron chi connectivity index (χ4n) is 1.99. The van der Waals surface area contributed by atoms with Crippen molar-refractivity contribution < 1.29 is 0 Å². The van der Waals surface area contributed by atoms with E-state index in [4.69, 9.17) is 0 Å². The summed E-state index contributed by atoms with van der Waals surface area (Å²) in [6.07, 6.45) is 11.0. The standard InChI is InChI=1S/C15H24S/c1-4-7-9-13(6-3)12-15-11-10-14(16-15)8-5-2/h5,8,10-11,13H,4,6-7,9,12H2,1-3H3. The maximum Gasteiger partial charge on any atom is 0.0269 e. The maximum atomic E-state index is 2.32. The first kappa shape index (κ1) is 13.5. The predicted octanol–water partition coefficient (Wildman–Crippen LogP) is 5.54. The molecule has 0 aliphatic rings. The third-order valence-corrected chi connectivity index (χ3v) is 4.12. The third kappa shape index (κ3) is 4.52. The summed E-state index contributed by atoms with van der Waals surface area (Å²) in [7, 11) is 0. The molecule has 1 aromatic rings. The lowest BCUT2D eigenvalue weighted by Gasteiger charge is -2.12. The van der Waals surface area contributed by atoms with Gasteiger partial charge in [0.2, 0.25) is 0 Å². The van der Waals surface area contributed by atoms with Crippen molar-refractivity contribution in [3.8, 4) is 0 Å². The lowest BCUT2D eigenvalue weighted by molar-refractivity contribution is 0.452. The summed E-state index contributed by atoms with van der Waals surface area (Å²) < 4.78 is 0. The van der Waals surface area contributed by atoms with Gasteiger partial charge in [-0.1, -0.05) is 45.6 Å². The Morgan fingerprint density at radius 2 is 2.12 bits per heavy atom. The van der Waals surface area contributed by atoms with E-state index in [1.165, 1.54) is 37.0 Å². The van der Waals surface area contributed by atoms with E-state index in [9.17, 15) is 0 Å². The number of thiophene rings is 1. The van der Waals surface area contributed by atoms with Gasteiger partial charge in [-0.25, -0.2) is 0 Å². The summed E-state index contributed by atoms with van der Waals surface area (Å²) in [4.78, 5) is 2.94. The first-order valence-electron chi connectivity index (χ1n) is 6.51. The number of hydrogen-bond donors (Lipinski definition) is 0. The van der Waals surface area contributed by atoms with E-state index in [2.05, 4.69) is 45.1 Å². The van der Waals surface area contributed by atoms with Gasteiger partial charge in [0, 0.05) is 9.75 Å². The highest BCUT2D eigenvalue weighted by Crippen LogP contribution is 2.24. The molecule has 0 aliphatic carbocycles. The zero-order valence-corrected chi connectivity index (χ0v) is 11.6. The van der Waals surface area contributed by atoms with Gasteiger partial charge in [0.1, 0.15) is 0 Å². The molecule has 0 saturated carbocycles. The van der Waals surface area contributed by atoms with E-state index in [0.29, 0.717) is 0 Å². The summed E-state index contributed by atoms with van der Waals surface area (Å²) in [6, 6.07) is 4.54. The van der Waals surface area contributed by atoms with Crippen LogP contribution in [-0.2, 0) is 6.42 Å². The van der Waals surface area contributed by atoms with Crippen LogP contribution in [0, 0.1) is 5.92 Å². The van der Waals surface area contributed by atoms with Crippen molar-refractivity contribution in [2.45, 2.75) is 52.9 Å². The molecule has 0 radical (unpaired) electrons. The quantitative estimate of drug-likeness (QED) is 0.583. The molecule has 1 heterocycles. The monoisotopic (exact) mass is 236 g/mol. The topological polar surface area (TPSA) is 0 Å². The van der Waals surface area contributed by atoms with Gasteiger partial charge >= 0.3 is 0 Å². The highest BCUT2D eigenvalue weighted by Gasteiger charge is 2.08. The van der Waals surface area contributed by atoms with Gasteiger partial charge in [0.25, 0.3) is 0 Å². The second-order valence-corrected chi connectivity index (χ2v) is 5.62. The Morgan fingerprint density at radius 3 is 2.75 bits per heavy atom. The normalized spacial score (nSPS) is 13.4. The van der Waals surface area contributed by atoms with E-state index in [-0.39, 0.29) is 0 Å². The van der Waals surface area contributed by atoms with Crippen molar-refractivity contribution in [2.75, 3.05) is 0 Å². The lowest BCUT2D eigenvalue weighted by atomic mass is 9.95. The number of hydrogen-bond acceptors (Lipinski definition) is 1. The molecular formula is C15H24S. The Balaban J connectivity index is 2.49. The van der Waals surface area contributed by atoms with Crippen LogP contribution in [0.5, 0.6) is 0 Å². The van der Waals surface area contributed by atoms with Crippen LogP contribution in [0.15, 0.2) is 18.2 Å². The van der Waals surface area contributed by atoms with E-state index in [1.54, 1.807) is 4.88 Å². The Hall–Kier alpha value is -0.560. The van der Waals surface area contributed by atoms with Crippen LogP contribution in [0.3, 0.4) is 0 Å². The highest BCUT2D eigenvalue weighted by atomic mass is 32.1. The van der Waals surface area contributed by atoms with Crippen molar-refractivity contribution in [2.24, 2.45) is 5.92 Å². The smallest absolute Gasteiger partial charge is 0.0269 e. The molecule has 0 amide bonds. The molecule has 0 fully saturated rings. The average Bonchev–Trinajstić information content (AvgIpc) is 2.72. The summed E-state index contributed by atoms with van der Waals surface area (Å²) >= 11 is 1.95. The van der Waals surface area contributed by atoms with E-state index >= 15 is 0 Å². The molecule has 90 valence electrons. The third-order valence-electron chi connectivity index (χ3n) is 3.05. The molecule has 1 heteroatoms. The van der Waals surface area contributed by atoms with Crippen molar-refractivity contribution in [3.05, 3.63) is 28.0 Å². The second kappa shape index (κ2) is 7.67. The van der Waals surface area contributed by atoms with Crippen LogP contribution < -0.4 is 0 Å². The summed E-state index contributed by atoms with van der Waals surface area (Å²) in [5, 5.41) is 0. The summed E-state index contributed by atoms with van der Waals surface area (Å²) in [6.45, 7) is 6.68. The molecule has 0 spiro atoms. The molecule has 0 bridgehead atoms. The Morgan fingerprint density at radius 1 is 1.31 bits per heavy atom. The van der Waals surface area contributed by atoms with Gasteiger partial charge < -0.3 is 0 Å². The maximum absolute atomic E-state index is 2.32. The number of unbranched alkanes of at least 4 members (excludes halogenated alkanes) is 1. The van der Waals surface area contributed by atoms with Gasteiger partial charge in [-0.2, -0.15) is 0 Å². The zero-order valence-electron chi connectivity index (χ0n) is 10.8. The first-order valence-corrected chi connectivity index (χ1v) is 7.33. The Bertz CT molecular complexity index is 309. The lowest BCUT2D eigenvalue weighted by Crippen LogP contribution is -2.01. The van der Waals surface area contributed by atoms with Crippen LogP contribution >= 0.6 is 11.3 Å². The SMILES string of the molecule is CC=Cc1ccc(CC(CC)CCCC)s1. The molecule has 1 unspecified atom stereocenters. The van der Waals surface area contributed by atoms with Crippen molar-refractivity contribution in [3.63, 3.8) is 0 Å². The van der Waals surface area contributed by atoms with E-state index in [0.717, 1.165) is 5.92 Å². The molecule has 0 aromatic carbocycles. The molecule has 1 aromatic heterocycles. The second-order valence-electron chi connectivity index (χ2n) is 4.42. The molecular weight excluding hydrogens is 212 g/mol. The average molecular weight is 236 g/mol. The molecule has 16 heavy (non-hydrogen) atoms. The van der Waals surface area contributed by atoms with Crippen LogP contribution in [0.4, 0.5) is 0 Å². The minimum absolute atomic E-state index is 0.886. The van der Waals surface area contributed by atoms with Crippen LogP contribution in [0.25, 0.3) is 6.08 Å². The fourth-order valence-corrected chi connectivity index (χ4v) is 3.08. The predicted molar refractivity (Wildman–Crippen MR) is 76.0 cm³/mol. The van der Waals surface area contributed by atoms with Crippen LogP contribution in [0.2, 0.25) is 0 Å². The molecule has 0 N–H and O–H groups in total. The number of rotatable bonds is 7. The van der Waals surface area contributed by atoms with Crippen LogP contribution in [-0.4, -0.2) is 0 Å². The van der Waals surface area contributed by atoms with Gasteiger partial charge in [0.05, 0.1) is 0 Å². The highest BCUT2D eigenvalue weighted by molar-refractivity contribution is 7.12. The van der Waals surface area contributed by atoms with E-state index < -0.39 is 0 Å². The molecule has 0 nitrogen and oxygen atoms in total. The van der Waals surface area contributed by atoms with Gasteiger partial charge in [-0.3, -0.25) is 0 Å². The molecule has 0 aliphatic heterocycles. The van der Waals surface area contributed by atoms with E-state index in [1.807, 2.05) is 11.3 Å². The number of allylic oxidation sites excluding steroid dienone is 1. The fraction of sp³-hybridized carbons (Fsp3) is 0.600. The minimum Gasteiger partial charge on any atom is -0.141 e. The largest absolute Gasteiger partial charge is 0.141 e. The molecule has 1 rings (SSSR count). The summed E-state index contributed by atoms with van der Waals surface area (Å²) in [5.41, 5.74) is 0. The first-order chi connectivity index (χ1) is 7.80. The molecule has 0 saturated heterocycles. The van der Waals surface area contributed by atoms with Gasteiger partial charge in [-0.05, 0) is 37.5 Å². The Kier molecular flexibility index (Phi) is 6.47. The zero-order chi connectivity index (χ0) is 11.8. The van der Waals surface area contributed by atoms with Crippen molar-refractivity contribution in [1.82, 2.24) is 0 Å². The van der Waals surface area contributed by atoms with Crippen molar-refractivity contribution >= 4 is 17.4 Å². The van der Waals surface area contributed by atoms with Crippen molar-refractivity contribution in [1.29, 1.82) is 0 Å². The summed E-state index contributed by atoms with van der Waals surface area (Å²) in [5.74, 6) is 0.886.